The second kappa shape index (κ2) is 6.82. The van der Waals surface area contributed by atoms with Gasteiger partial charge in [0.25, 0.3) is 0 Å². The largest absolute Gasteiger partial charge is 0.503 e. The Morgan fingerprint density at radius 2 is 1.74 bits per heavy atom. The smallest absolute Gasteiger partial charge is 0.206 e. The van der Waals surface area contributed by atoms with Gasteiger partial charge in [0.05, 0.1) is 15.3 Å². The van der Waals surface area contributed by atoms with Crippen LogP contribution in [0.3, 0.4) is 0 Å². The van der Waals surface area contributed by atoms with Gasteiger partial charge in [0.2, 0.25) is 11.6 Å². The number of carbonyl (C=O) groups excluding carboxylic acids is 1. The van der Waals surface area contributed by atoms with Crippen LogP contribution in [0.15, 0.2) is 47.4 Å². The van der Waals surface area contributed by atoms with Crippen molar-refractivity contribution in [3.05, 3.63) is 70.4 Å². The molecule has 9 heteroatoms. The fraction of sp³-hybridized carbons (Fsp3) is 0.0556. The van der Waals surface area contributed by atoms with Crippen LogP contribution in [0.5, 0.6) is 5.75 Å². The lowest BCUT2D eigenvalue weighted by atomic mass is 10.1. The molecule has 0 aliphatic rings. The van der Waals surface area contributed by atoms with Gasteiger partial charge in [0, 0.05) is 11.1 Å². The highest BCUT2D eigenvalue weighted by Crippen LogP contribution is 2.33. The van der Waals surface area contributed by atoms with Crippen molar-refractivity contribution in [3.8, 4) is 16.2 Å². The van der Waals surface area contributed by atoms with Crippen LogP contribution in [0.25, 0.3) is 10.4 Å². The SMILES string of the molecule is CS(=O)(=O)c1cccc(-c2ccc(C(=O)c3cc(F)c(F)c(O)c3F)s2)c1. The van der Waals surface area contributed by atoms with Gasteiger partial charge in [-0.1, -0.05) is 12.1 Å². The summed E-state index contributed by atoms with van der Waals surface area (Å²) in [6.07, 6.45) is 1.06. The average molecular weight is 412 g/mol. The van der Waals surface area contributed by atoms with Crippen LogP contribution in [-0.2, 0) is 9.84 Å². The molecular formula is C18H11F3O4S2. The standard InChI is InChI=1S/C18H11F3O4S2/c1-27(24,25)10-4-2-3-9(7-10)13-5-6-14(26-13)17(22)11-8-12(19)16(21)18(23)15(11)20/h2-8,23H,1H3. The third-order valence-corrected chi connectivity index (χ3v) is 6.00. The number of sulfone groups is 1. The zero-order valence-electron chi connectivity index (χ0n) is 13.7. The van der Waals surface area contributed by atoms with E-state index >= 15 is 0 Å². The second-order valence-corrected chi connectivity index (χ2v) is 8.78. The Morgan fingerprint density at radius 1 is 1.04 bits per heavy atom. The Kier molecular flexibility index (Phi) is 4.83. The minimum Gasteiger partial charge on any atom is -0.503 e. The summed E-state index contributed by atoms with van der Waals surface area (Å²) in [5.41, 5.74) is -0.278. The van der Waals surface area contributed by atoms with E-state index in [4.69, 9.17) is 0 Å². The molecule has 0 aliphatic carbocycles. The van der Waals surface area contributed by atoms with Crippen LogP contribution in [0.1, 0.15) is 15.2 Å². The lowest BCUT2D eigenvalue weighted by Gasteiger charge is -2.05. The number of benzene rings is 2. The lowest BCUT2D eigenvalue weighted by Crippen LogP contribution is -2.05. The molecule has 0 fully saturated rings. The molecular weight excluding hydrogens is 401 g/mol. The number of hydrogen-bond donors (Lipinski definition) is 1. The average Bonchev–Trinajstić information content (AvgIpc) is 3.12. The molecule has 4 nitrogen and oxygen atoms in total. The summed E-state index contributed by atoms with van der Waals surface area (Å²) in [5.74, 6) is -7.36. The third-order valence-electron chi connectivity index (χ3n) is 3.75. The van der Waals surface area contributed by atoms with Gasteiger partial charge in [-0.15, -0.1) is 11.3 Å². The van der Waals surface area contributed by atoms with E-state index in [-0.39, 0.29) is 9.77 Å². The summed E-state index contributed by atoms with van der Waals surface area (Å²) in [5, 5.41) is 9.26. The van der Waals surface area contributed by atoms with Crippen LogP contribution in [0.4, 0.5) is 13.2 Å². The molecule has 0 amide bonds. The van der Waals surface area contributed by atoms with Crippen molar-refractivity contribution in [2.24, 2.45) is 0 Å². The van der Waals surface area contributed by atoms with Crippen molar-refractivity contribution in [1.82, 2.24) is 0 Å². The predicted octanol–water partition coefficient (Wildman–Crippen LogP) is 4.17. The van der Waals surface area contributed by atoms with E-state index < -0.39 is 44.4 Å². The van der Waals surface area contributed by atoms with Gasteiger partial charge in [-0.05, 0) is 35.9 Å². The maximum atomic E-state index is 14.0. The van der Waals surface area contributed by atoms with E-state index in [0.717, 1.165) is 17.6 Å². The minimum atomic E-state index is -3.42. The van der Waals surface area contributed by atoms with E-state index in [9.17, 15) is 31.5 Å². The molecule has 0 saturated heterocycles. The first kappa shape index (κ1) is 19.1. The van der Waals surface area contributed by atoms with Gasteiger partial charge in [-0.3, -0.25) is 4.79 Å². The quantitative estimate of drug-likeness (QED) is 0.516. The molecule has 3 rings (SSSR count). The molecule has 1 heterocycles. The number of halogens is 3. The zero-order chi connectivity index (χ0) is 19.9. The summed E-state index contributed by atoms with van der Waals surface area (Å²) in [6.45, 7) is 0. The van der Waals surface area contributed by atoms with Crippen molar-refractivity contribution >= 4 is 27.0 Å². The van der Waals surface area contributed by atoms with Crippen molar-refractivity contribution in [2.75, 3.05) is 6.26 Å². The number of phenols is 1. The number of hydrogen-bond acceptors (Lipinski definition) is 5. The highest BCUT2D eigenvalue weighted by atomic mass is 32.2. The molecule has 0 bridgehead atoms. The zero-order valence-corrected chi connectivity index (χ0v) is 15.3. The first-order valence-electron chi connectivity index (χ1n) is 7.41. The van der Waals surface area contributed by atoms with Crippen LogP contribution in [0.2, 0.25) is 0 Å². The Balaban J connectivity index is 2.01. The fourth-order valence-corrected chi connectivity index (χ4v) is 4.01. The molecule has 2 aromatic carbocycles. The van der Waals surface area contributed by atoms with Gasteiger partial charge >= 0.3 is 0 Å². The number of ketones is 1. The molecule has 0 radical (unpaired) electrons. The maximum absolute atomic E-state index is 14.0. The van der Waals surface area contributed by atoms with Gasteiger partial charge in [0.15, 0.2) is 27.2 Å². The maximum Gasteiger partial charge on any atom is 0.206 e. The van der Waals surface area contributed by atoms with E-state index in [1.807, 2.05) is 0 Å². The molecule has 1 N–H and O–H groups in total. The third kappa shape index (κ3) is 3.60. The predicted molar refractivity (Wildman–Crippen MR) is 94.3 cm³/mol. The summed E-state index contributed by atoms with van der Waals surface area (Å²) < 4.78 is 63.9. The summed E-state index contributed by atoms with van der Waals surface area (Å²) in [4.78, 5) is 13.1. The van der Waals surface area contributed by atoms with Gasteiger partial charge in [0.1, 0.15) is 0 Å². The highest BCUT2D eigenvalue weighted by Gasteiger charge is 2.24. The van der Waals surface area contributed by atoms with E-state index in [0.29, 0.717) is 16.5 Å². The summed E-state index contributed by atoms with van der Waals surface area (Å²) in [6, 6.07) is 9.30. The number of phenolic OH excluding ortho intramolecular Hbond substituents is 1. The minimum absolute atomic E-state index is 0.0130. The normalized spacial score (nSPS) is 11.6. The Hall–Kier alpha value is -2.65. The van der Waals surface area contributed by atoms with Crippen LogP contribution in [-0.4, -0.2) is 25.6 Å². The van der Waals surface area contributed by atoms with E-state index in [1.54, 1.807) is 12.1 Å². The molecule has 1 aromatic heterocycles. The van der Waals surface area contributed by atoms with Crippen LogP contribution >= 0.6 is 11.3 Å². The topological polar surface area (TPSA) is 71.4 Å². The second-order valence-electron chi connectivity index (χ2n) is 5.68. The van der Waals surface area contributed by atoms with Crippen LogP contribution in [0, 0.1) is 17.5 Å². The number of aromatic hydroxyl groups is 1. The molecule has 3 aromatic rings. The molecule has 0 unspecified atom stereocenters. The molecule has 27 heavy (non-hydrogen) atoms. The molecule has 0 atom stereocenters. The first-order chi connectivity index (χ1) is 12.6. The molecule has 0 saturated carbocycles. The molecule has 0 aliphatic heterocycles. The van der Waals surface area contributed by atoms with Crippen molar-refractivity contribution in [1.29, 1.82) is 0 Å². The summed E-state index contributed by atoms with van der Waals surface area (Å²) in [7, 11) is -3.42. The fourth-order valence-electron chi connectivity index (χ4n) is 2.38. The van der Waals surface area contributed by atoms with Crippen molar-refractivity contribution in [2.45, 2.75) is 4.90 Å². The van der Waals surface area contributed by atoms with Gasteiger partial charge < -0.3 is 5.11 Å². The molecule has 140 valence electrons. The monoisotopic (exact) mass is 412 g/mol. The molecule has 0 spiro atoms. The van der Waals surface area contributed by atoms with Crippen molar-refractivity contribution < 1.29 is 31.5 Å². The van der Waals surface area contributed by atoms with Gasteiger partial charge in [-0.2, -0.15) is 4.39 Å². The number of carbonyl (C=O) groups is 1. The van der Waals surface area contributed by atoms with E-state index in [2.05, 4.69) is 0 Å². The Bertz CT molecular complexity index is 1170. The van der Waals surface area contributed by atoms with Gasteiger partial charge in [-0.25, -0.2) is 17.2 Å². The van der Waals surface area contributed by atoms with E-state index in [1.165, 1.54) is 24.3 Å². The lowest BCUT2D eigenvalue weighted by molar-refractivity contribution is 0.103. The number of thiophene rings is 1. The van der Waals surface area contributed by atoms with Crippen molar-refractivity contribution in [3.63, 3.8) is 0 Å². The first-order valence-corrected chi connectivity index (χ1v) is 10.1. The highest BCUT2D eigenvalue weighted by molar-refractivity contribution is 7.90. The Labute approximate surface area is 156 Å². The Morgan fingerprint density at radius 3 is 2.41 bits per heavy atom. The summed E-state index contributed by atoms with van der Waals surface area (Å²) >= 11 is 0.924. The number of rotatable bonds is 4. The van der Waals surface area contributed by atoms with Crippen LogP contribution < -0.4 is 0 Å².